The van der Waals surface area contributed by atoms with E-state index in [1.807, 2.05) is 12.1 Å². The number of rotatable bonds is 3. The zero-order valence-electron chi connectivity index (χ0n) is 9.50. The van der Waals surface area contributed by atoms with Crippen LogP contribution >= 0.6 is 0 Å². The van der Waals surface area contributed by atoms with Crippen molar-refractivity contribution < 1.29 is 10.2 Å². The van der Waals surface area contributed by atoms with Gasteiger partial charge in [0.25, 0.3) is 0 Å². The van der Waals surface area contributed by atoms with E-state index in [1.54, 1.807) is 13.1 Å². The summed E-state index contributed by atoms with van der Waals surface area (Å²) < 4.78 is 0. The third-order valence-electron chi connectivity index (χ3n) is 3.12. The smallest absolute Gasteiger partial charge is 0.128 e. The third-order valence-corrected chi connectivity index (χ3v) is 3.12. The maximum atomic E-state index is 9.50. The van der Waals surface area contributed by atoms with Crippen molar-refractivity contribution in [2.45, 2.75) is 19.4 Å². The van der Waals surface area contributed by atoms with Gasteiger partial charge in [-0.3, -0.25) is 0 Å². The number of aromatic nitrogens is 1. The zero-order valence-corrected chi connectivity index (χ0v) is 9.50. The lowest BCUT2D eigenvalue weighted by molar-refractivity contribution is 0.199. The van der Waals surface area contributed by atoms with Crippen LogP contribution in [-0.4, -0.2) is 34.9 Å². The molecule has 0 bridgehead atoms. The number of nitrogens with zero attached hydrogens (tertiary/aromatic N) is 2. The van der Waals surface area contributed by atoms with Gasteiger partial charge in [-0.1, -0.05) is 0 Å². The highest BCUT2D eigenvalue weighted by molar-refractivity contribution is 5.42. The molecule has 2 heterocycles. The summed E-state index contributed by atoms with van der Waals surface area (Å²) in [6.45, 7) is 3.78. The monoisotopic (exact) mass is 222 g/mol. The van der Waals surface area contributed by atoms with Gasteiger partial charge >= 0.3 is 0 Å². The van der Waals surface area contributed by atoms with Gasteiger partial charge in [0.05, 0.1) is 6.10 Å². The fourth-order valence-corrected chi connectivity index (χ4v) is 2.06. The topological polar surface area (TPSA) is 56.6 Å². The van der Waals surface area contributed by atoms with E-state index in [4.69, 9.17) is 5.11 Å². The fraction of sp³-hybridized carbons (Fsp3) is 0.583. The first-order chi connectivity index (χ1) is 7.70. The van der Waals surface area contributed by atoms with Crippen molar-refractivity contribution in [2.24, 2.45) is 5.92 Å². The van der Waals surface area contributed by atoms with Crippen molar-refractivity contribution in [3.05, 3.63) is 23.9 Å². The molecule has 0 aromatic carbocycles. The van der Waals surface area contributed by atoms with Gasteiger partial charge in [0.2, 0.25) is 0 Å². The van der Waals surface area contributed by atoms with Crippen LogP contribution in [0.3, 0.4) is 0 Å². The predicted molar refractivity (Wildman–Crippen MR) is 62.3 cm³/mol. The minimum atomic E-state index is -0.460. The summed E-state index contributed by atoms with van der Waals surface area (Å²) in [7, 11) is 0. The Bertz CT molecular complexity index is 355. The SMILES string of the molecule is C[C@H](O)c1ccnc(N2CCC(CO)C2)c1. The maximum Gasteiger partial charge on any atom is 0.128 e. The average molecular weight is 222 g/mol. The Morgan fingerprint density at radius 3 is 3.06 bits per heavy atom. The van der Waals surface area contributed by atoms with Gasteiger partial charge in [-0.2, -0.15) is 0 Å². The molecule has 2 rings (SSSR count). The van der Waals surface area contributed by atoms with E-state index >= 15 is 0 Å². The number of hydrogen-bond donors (Lipinski definition) is 2. The molecular formula is C12H18N2O2. The van der Waals surface area contributed by atoms with E-state index in [9.17, 15) is 5.11 Å². The molecule has 1 aliphatic rings. The largest absolute Gasteiger partial charge is 0.396 e. The molecule has 1 aliphatic heterocycles. The third kappa shape index (κ3) is 2.33. The Hall–Kier alpha value is -1.13. The Labute approximate surface area is 95.5 Å². The Morgan fingerprint density at radius 1 is 1.62 bits per heavy atom. The van der Waals surface area contributed by atoms with E-state index in [-0.39, 0.29) is 6.61 Å². The van der Waals surface area contributed by atoms with Gasteiger partial charge < -0.3 is 15.1 Å². The number of aliphatic hydroxyl groups excluding tert-OH is 2. The van der Waals surface area contributed by atoms with Crippen molar-refractivity contribution in [3.8, 4) is 0 Å². The average Bonchev–Trinajstić information content (AvgIpc) is 2.77. The summed E-state index contributed by atoms with van der Waals surface area (Å²) in [6.07, 6.45) is 2.28. The molecule has 1 unspecified atom stereocenters. The Kier molecular flexibility index (Phi) is 3.41. The second-order valence-corrected chi connectivity index (χ2v) is 4.41. The first kappa shape index (κ1) is 11.4. The van der Waals surface area contributed by atoms with Gasteiger partial charge in [0, 0.05) is 31.8 Å². The molecule has 1 aromatic rings. The highest BCUT2D eigenvalue weighted by atomic mass is 16.3. The molecule has 0 spiro atoms. The van der Waals surface area contributed by atoms with Gasteiger partial charge in [0.1, 0.15) is 5.82 Å². The van der Waals surface area contributed by atoms with Gasteiger partial charge in [-0.15, -0.1) is 0 Å². The van der Waals surface area contributed by atoms with Crippen LogP contribution in [0.5, 0.6) is 0 Å². The summed E-state index contributed by atoms with van der Waals surface area (Å²) in [4.78, 5) is 6.47. The van der Waals surface area contributed by atoms with E-state index in [0.717, 1.165) is 30.9 Å². The van der Waals surface area contributed by atoms with Crippen LogP contribution in [0.4, 0.5) is 5.82 Å². The van der Waals surface area contributed by atoms with Crippen LogP contribution < -0.4 is 4.90 Å². The molecule has 0 saturated carbocycles. The van der Waals surface area contributed by atoms with E-state index < -0.39 is 6.10 Å². The van der Waals surface area contributed by atoms with Gasteiger partial charge in [0.15, 0.2) is 0 Å². The molecule has 0 radical (unpaired) electrons. The van der Waals surface area contributed by atoms with E-state index in [2.05, 4.69) is 9.88 Å². The number of hydrogen-bond acceptors (Lipinski definition) is 4. The fourth-order valence-electron chi connectivity index (χ4n) is 2.06. The minimum absolute atomic E-state index is 0.243. The van der Waals surface area contributed by atoms with Crippen molar-refractivity contribution in [1.29, 1.82) is 0 Å². The lowest BCUT2D eigenvalue weighted by atomic mass is 10.1. The van der Waals surface area contributed by atoms with Crippen molar-refractivity contribution >= 4 is 5.82 Å². The van der Waals surface area contributed by atoms with Crippen LogP contribution in [0, 0.1) is 5.92 Å². The zero-order chi connectivity index (χ0) is 11.5. The van der Waals surface area contributed by atoms with E-state index in [1.165, 1.54) is 0 Å². The molecule has 2 atom stereocenters. The number of aliphatic hydroxyl groups is 2. The molecule has 88 valence electrons. The highest BCUT2D eigenvalue weighted by Gasteiger charge is 2.22. The standard InChI is InChI=1S/C12H18N2O2/c1-9(16)11-2-4-13-12(6-11)14-5-3-10(7-14)8-15/h2,4,6,9-10,15-16H,3,5,7-8H2,1H3/t9-,10?/m0/s1. The van der Waals surface area contributed by atoms with Gasteiger partial charge in [-0.25, -0.2) is 4.98 Å². The second kappa shape index (κ2) is 4.80. The highest BCUT2D eigenvalue weighted by Crippen LogP contribution is 2.23. The molecule has 0 amide bonds. The van der Waals surface area contributed by atoms with Crippen molar-refractivity contribution in [2.75, 3.05) is 24.6 Å². The normalized spacial score (nSPS) is 22.4. The number of pyridine rings is 1. The van der Waals surface area contributed by atoms with E-state index in [0.29, 0.717) is 5.92 Å². The van der Waals surface area contributed by atoms with Crippen LogP contribution in [0.15, 0.2) is 18.3 Å². The lowest BCUT2D eigenvalue weighted by Crippen LogP contribution is -2.21. The summed E-state index contributed by atoms with van der Waals surface area (Å²) in [5.74, 6) is 1.26. The summed E-state index contributed by atoms with van der Waals surface area (Å²) in [6, 6.07) is 3.75. The minimum Gasteiger partial charge on any atom is -0.396 e. The molecule has 16 heavy (non-hydrogen) atoms. The summed E-state index contributed by atoms with van der Waals surface area (Å²) in [5, 5.41) is 18.6. The van der Waals surface area contributed by atoms with Crippen LogP contribution in [0.2, 0.25) is 0 Å². The first-order valence-electron chi connectivity index (χ1n) is 5.70. The molecule has 2 N–H and O–H groups in total. The maximum absolute atomic E-state index is 9.50. The Morgan fingerprint density at radius 2 is 2.44 bits per heavy atom. The first-order valence-corrected chi connectivity index (χ1v) is 5.70. The molecule has 1 aromatic heterocycles. The molecule has 1 saturated heterocycles. The van der Waals surface area contributed by atoms with Crippen LogP contribution in [0.1, 0.15) is 25.0 Å². The molecule has 0 aliphatic carbocycles. The Balaban J connectivity index is 2.12. The van der Waals surface area contributed by atoms with Crippen molar-refractivity contribution in [1.82, 2.24) is 4.98 Å². The molecule has 1 fully saturated rings. The summed E-state index contributed by atoms with van der Waals surface area (Å²) >= 11 is 0. The molecule has 4 heteroatoms. The van der Waals surface area contributed by atoms with Gasteiger partial charge in [-0.05, 0) is 31.0 Å². The molecular weight excluding hydrogens is 204 g/mol. The number of anilines is 1. The van der Waals surface area contributed by atoms with Crippen LogP contribution in [0.25, 0.3) is 0 Å². The molecule has 4 nitrogen and oxygen atoms in total. The predicted octanol–water partition coefficient (Wildman–Crippen LogP) is 0.954. The lowest BCUT2D eigenvalue weighted by Gasteiger charge is -2.18. The quantitative estimate of drug-likeness (QED) is 0.799. The summed E-state index contributed by atoms with van der Waals surface area (Å²) in [5.41, 5.74) is 0.887. The second-order valence-electron chi connectivity index (χ2n) is 4.41. The van der Waals surface area contributed by atoms with Crippen LogP contribution in [-0.2, 0) is 0 Å². The van der Waals surface area contributed by atoms with Crippen molar-refractivity contribution in [3.63, 3.8) is 0 Å².